The first-order valence-corrected chi connectivity index (χ1v) is 4.98. The molecule has 0 saturated carbocycles. The van der Waals surface area contributed by atoms with Gasteiger partial charge < -0.3 is 0 Å². The second kappa shape index (κ2) is 4.41. The van der Waals surface area contributed by atoms with Gasteiger partial charge in [0.2, 0.25) is 0 Å². The number of benzene rings is 1. The Balaban J connectivity index is 2.61. The minimum absolute atomic E-state index is 0.124. The number of carbonyl (C=O) groups is 1. The van der Waals surface area contributed by atoms with E-state index in [1.54, 1.807) is 13.0 Å². The Labute approximate surface area is 96.9 Å². The van der Waals surface area contributed by atoms with Crippen molar-refractivity contribution in [3.63, 3.8) is 0 Å². The largest absolute Gasteiger partial charge is 0.298 e. The maximum absolute atomic E-state index is 13.5. The number of halogens is 2. The van der Waals surface area contributed by atoms with Crippen LogP contribution in [0.1, 0.15) is 15.9 Å². The molecule has 0 unspecified atom stereocenters. The van der Waals surface area contributed by atoms with Crippen molar-refractivity contribution < 1.29 is 13.6 Å². The average molecular weight is 233 g/mol. The summed E-state index contributed by atoms with van der Waals surface area (Å²) in [5, 5.41) is 0. The van der Waals surface area contributed by atoms with E-state index in [1.807, 2.05) is 0 Å². The Morgan fingerprint density at radius 3 is 2.35 bits per heavy atom. The molecule has 2 rings (SSSR count). The number of aryl methyl sites for hydroxylation is 1. The molecule has 0 saturated heterocycles. The van der Waals surface area contributed by atoms with Crippen LogP contribution in [0.5, 0.6) is 0 Å². The number of hydrogen-bond acceptors (Lipinski definition) is 2. The molecule has 17 heavy (non-hydrogen) atoms. The summed E-state index contributed by atoms with van der Waals surface area (Å²) in [6.45, 7) is 1.71. The van der Waals surface area contributed by atoms with Crippen LogP contribution in [0.4, 0.5) is 8.78 Å². The summed E-state index contributed by atoms with van der Waals surface area (Å²) in [5.41, 5.74) is 1.45. The number of nitrogens with zero attached hydrogens (tertiary/aromatic N) is 1. The molecule has 0 fully saturated rings. The van der Waals surface area contributed by atoms with E-state index >= 15 is 0 Å². The van der Waals surface area contributed by atoms with Crippen molar-refractivity contribution in [1.82, 2.24) is 4.98 Å². The van der Waals surface area contributed by atoms with Crippen LogP contribution in [0.3, 0.4) is 0 Å². The first-order valence-electron chi connectivity index (χ1n) is 4.98. The lowest BCUT2D eigenvalue weighted by Crippen LogP contribution is -1.94. The summed E-state index contributed by atoms with van der Waals surface area (Å²) in [7, 11) is 0. The second-order valence-electron chi connectivity index (χ2n) is 3.67. The summed E-state index contributed by atoms with van der Waals surface area (Å²) in [6, 6.07) is 4.63. The zero-order valence-electron chi connectivity index (χ0n) is 9.08. The molecule has 2 nitrogen and oxygen atoms in total. The van der Waals surface area contributed by atoms with Crippen LogP contribution in [0, 0.1) is 18.6 Å². The van der Waals surface area contributed by atoms with E-state index in [9.17, 15) is 13.6 Å². The highest BCUT2D eigenvalue weighted by Crippen LogP contribution is 2.26. The zero-order valence-corrected chi connectivity index (χ0v) is 9.08. The first-order chi connectivity index (χ1) is 8.13. The summed E-state index contributed by atoms with van der Waals surface area (Å²) < 4.78 is 27.0. The Kier molecular flexibility index (Phi) is 2.95. The van der Waals surface area contributed by atoms with Crippen molar-refractivity contribution in [2.45, 2.75) is 6.92 Å². The molecule has 0 aliphatic heterocycles. The van der Waals surface area contributed by atoms with E-state index in [-0.39, 0.29) is 5.56 Å². The third-order valence-corrected chi connectivity index (χ3v) is 2.54. The highest BCUT2D eigenvalue weighted by atomic mass is 19.1. The number of hydrogen-bond donors (Lipinski definition) is 0. The monoisotopic (exact) mass is 233 g/mol. The Hall–Kier alpha value is -2.10. The van der Waals surface area contributed by atoms with Gasteiger partial charge in [-0.15, -0.1) is 0 Å². The SMILES string of the molecule is Cc1cc(-c2c(F)cncc2F)ccc1C=O. The number of rotatable bonds is 2. The van der Waals surface area contributed by atoms with Crippen LogP contribution in [0.2, 0.25) is 0 Å². The van der Waals surface area contributed by atoms with Gasteiger partial charge in [-0.2, -0.15) is 0 Å². The minimum Gasteiger partial charge on any atom is -0.298 e. The molecule has 1 aromatic heterocycles. The van der Waals surface area contributed by atoms with Gasteiger partial charge in [0, 0.05) is 5.56 Å². The molecule has 0 atom stereocenters. The topological polar surface area (TPSA) is 30.0 Å². The van der Waals surface area contributed by atoms with Gasteiger partial charge in [0.1, 0.15) is 6.29 Å². The van der Waals surface area contributed by atoms with Crippen LogP contribution >= 0.6 is 0 Å². The number of pyridine rings is 1. The maximum Gasteiger partial charge on any atom is 0.152 e. The van der Waals surface area contributed by atoms with E-state index in [4.69, 9.17) is 0 Å². The van der Waals surface area contributed by atoms with Crippen molar-refractivity contribution in [3.05, 3.63) is 53.4 Å². The fraction of sp³-hybridized carbons (Fsp3) is 0.0769. The first kappa shape index (κ1) is 11.4. The summed E-state index contributed by atoms with van der Waals surface area (Å²) in [6.07, 6.45) is 2.63. The number of aromatic nitrogens is 1. The van der Waals surface area contributed by atoms with Gasteiger partial charge in [-0.3, -0.25) is 9.78 Å². The van der Waals surface area contributed by atoms with Gasteiger partial charge in [-0.25, -0.2) is 8.78 Å². The molecule has 1 heterocycles. The van der Waals surface area contributed by atoms with Crippen molar-refractivity contribution >= 4 is 6.29 Å². The van der Waals surface area contributed by atoms with Gasteiger partial charge in [-0.1, -0.05) is 18.2 Å². The molecule has 0 spiro atoms. The predicted octanol–water partition coefficient (Wildman–Crippen LogP) is 3.15. The molecular weight excluding hydrogens is 224 g/mol. The molecule has 0 aliphatic rings. The molecule has 4 heteroatoms. The van der Waals surface area contributed by atoms with Gasteiger partial charge in [0.25, 0.3) is 0 Å². The van der Waals surface area contributed by atoms with Gasteiger partial charge in [0.05, 0.1) is 18.0 Å². The van der Waals surface area contributed by atoms with Crippen LogP contribution in [-0.4, -0.2) is 11.3 Å². The molecule has 0 bridgehead atoms. The zero-order chi connectivity index (χ0) is 12.4. The summed E-state index contributed by atoms with van der Waals surface area (Å²) in [5.74, 6) is -1.44. The molecule has 0 radical (unpaired) electrons. The van der Waals surface area contributed by atoms with E-state index in [1.165, 1.54) is 12.1 Å². The normalized spacial score (nSPS) is 10.3. The third-order valence-electron chi connectivity index (χ3n) is 2.54. The smallest absolute Gasteiger partial charge is 0.152 e. The van der Waals surface area contributed by atoms with Crippen molar-refractivity contribution in [2.75, 3.05) is 0 Å². The van der Waals surface area contributed by atoms with Crippen LogP contribution in [0.15, 0.2) is 30.6 Å². The van der Waals surface area contributed by atoms with Crippen LogP contribution in [-0.2, 0) is 0 Å². The highest BCUT2D eigenvalue weighted by Gasteiger charge is 2.12. The van der Waals surface area contributed by atoms with Crippen molar-refractivity contribution in [3.8, 4) is 11.1 Å². The molecule has 0 aliphatic carbocycles. The van der Waals surface area contributed by atoms with Crippen molar-refractivity contribution in [1.29, 1.82) is 0 Å². The van der Waals surface area contributed by atoms with Crippen LogP contribution in [0.25, 0.3) is 11.1 Å². The third kappa shape index (κ3) is 2.06. The van der Waals surface area contributed by atoms with Crippen molar-refractivity contribution in [2.24, 2.45) is 0 Å². The van der Waals surface area contributed by atoms with Crippen LogP contribution < -0.4 is 0 Å². The van der Waals surface area contributed by atoms with Gasteiger partial charge in [-0.05, 0) is 18.1 Å². The Bertz CT molecular complexity index is 561. The second-order valence-corrected chi connectivity index (χ2v) is 3.67. The minimum atomic E-state index is -0.719. The fourth-order valence-corrected chi connectivity index (χ4v) is 1.65. The molecule has 86 valence electrons. The predicted molar refractivity (Wildman–Crippen MR) is 59.7 cm³/mol. The van der Waals surface area contributed by atoms with E-state index in [0.29, 0.717) is 23.0 Å². The average Bonchev–Trinajstić information content (AvgIpc) is 2.29. The van der Waals surface area contributed by atoms with E-state index < -0.39 is 11.6 Å². The van der Waals surface area contributed by atoms with Gasteiger partial charge in [0.15, 0.2) is 11.6 Å². The molecule has 2 aromatic rings. The Morgan fingerprint density at radius 2 is 1.82 bits per heavy atom. The quantitative estimate of drug-likeness (QED) is 0.746. The molecule has 0 amide bonds. The van der Waals surface area contributed by atoms with E-state index in [2.05, 4.69) is 4.98 Å². The maximum atomic E-state index is 13.5. The Morgan fingerprint density at radius 1 is 1.18 bits per heavy atom. The highest BCUT2D eigenvalue weighted by molar-refractivity contribution is 5.79. The summed E-state index contributed by atoms with van der Waals surface area (Å²) in [4.78, 5) is 14.1. The fourth-order valence-electron chi connectivity index (χ4n) is 1.65. The number of aldehydes is 1. The lowest BCUT2D eigenvalue weighted by Gasteiger charge is -2.06. The standard InChI is InChI=1S/C13H9F2NO/c1-8-4-9(2-3-10(8)7-17)13-11(14)5-16-6-12(13)15/h2-7H,1H3. The molecule has 1 aromatic carbocycles. The van der Waals surface area contributed by atoms with E-state index in [0.717, 1.165) is 12.4 Å². The summed E-state index contributed by atoms with van der Waals surface area (Å²) >= 11 is 0. The lowest BCUT2D eigenvalue weighted by atomic mass is 10.0. The number of carbonyl (C=O) groups excluding carboxylic acids is 1. The molecular formula is C13H9F2NO. The van der Waals surface area contributed by atoms with Gasteiger partial charge >= 0.3 is 0 Å². The molecule has 0 N–H and O–H groups in total. The lowest BCUT2D eigenvalue weighted by molar-refractivity contribution is 0.112.